The van der Waals surface area contributed by atoms with Crippen molar-refractivity contribution in [3.63, 3.8) is 0 Å². The quantitative estimate of drug-likeness (QED) is 0.619. The summed E-state index contributed by atoms with van der Waals surface area (Å²) >= 11 is 0. The van der Waals surface area contributed by atoms with E-state index in [0.29, 0.717) is 0 Å². The van der Waals surface area contributed by atoms with Gasteiger partial charge >= 0.3 is 5.76 Å². The molecule has 8 heteroatoms. The van der Waals surface area contributed by atoms with Gasteiger partial charge in [0.2, 0.25) is 0 Å². The number of alkyl halides is 2. The molecular weight excluding hydrogens is 218 g/mol. The van der Waals surface area contributed by atoms with E-state index in [1.807, 2.05) is 4.72 Å². The van der Waals surface area contributed by atoms with Gasteiger partial charge in [0.05, 0.1) is 6.61 Å². The van der Waals surface area contributed by atoms with Crippen LogP contribution in [0.15, 0.2) is 0 Å². The van der Waals surface area contributed by atoms with Gasteiger partial charge in [0.1, 0.15) is 0 Å². The van der Waals surface area contributed by atoms with Crippen molar-refractivity contribution in [1.82, 2.24) is 4.72 Å². The van der Waals surface area contributed by atoms with Gasteiger partial charge in [-0.15, -0.1) is 0 Å². The average Bonchev–Trinajstić information content (AvgIpc) is 2.04. The fraction of sp³-hybridized carbons (Fsp3) is 1.00. The van der Waals surface area contributed by atoms with Crippen molar-refractivity contribution in [3.05, 3.63) is 0 Å². The third-order valence-corrected chi connectivity index (χ3v) is 2.58. The van der Waals surface area contributed by atoms with Gasteiger partial charge in [0.25, 0.3) is 10.0 Å². The van der Waals surface area contributed by atoms with Crippen molar-refractivity contribution in [2.24, 2.45) is 5.73 Å². The highest BCUT2D eigenvalue weighted by Crippen LogP contribution is 2.04. The van der Waals surface area contributed by atoms with Crippen LogP contribution in [0.2, 0.25) is 0 Å². The number of sulfonamides is 1. The smallest absolute Gasteiger partial charge is 0.350 e. The maximum Gasteiger partial charge on any atom is 0.350 e. The molecule has 5 nitrogen and oxygen atoms in total. The number of nitrogens with two attached hydrogens (primary N) is 1. The third-order valence-electron chi connectivity index (χ3n) is 1.45. The molecule has 1 unspecified atom stereocenters. The zero-order chi connectivity index (χ0) is 11.2. The average molecular weight is 232 g/mol. The first-order valence-corrected chi connectivity index (χ1v) is 5.47. The Morgan fingerprint density at radius 1 is 1.50 bits per heavy atom. The zero-order valence-corrected chi connectivity index (χ0v) is 8.56. The predicted molar refractivity (Wildman–Crippen MR) is 47.4 cm³/mol. The molecule has 1 atom stereocenters. The highest BCUT2D eigenvalue weighted by Gasteiger charge is 2.26. The van der Waals surface area contributed by atoms with E-state index in [4.69, 9.17) is 5.73 Å². The summed E-state index contributed by atoms with van der Waals surface area (Å²) in [5.41, 5.74) is 5.18. The molecule has 0 radical (unpaired) electrons. The van der Waals surface area contributed by atoms with E-state index in [9.17, 15) is 17.2 Å². The van der Waals surface area contributed by atoms with E-state index < -0.39 is 21.8 Å². The van der Waals surface area contributed by atoms with E-state index >= 15 is 0 Å². The second-order valence-electron chi connectivity index (χ2n) is 2.65. The molecule has 86 valence electrons. The number of hydrogen-bond donors (Lipinski definition) is 2. The first kappa shape index (κ1) is 13.7. The van der Waals surface area contributed by atoms with Crippen molar-refractivity contribution in [3.8, 4) is 0 Å². The van der Waals surface area contributed by atoms with Crippen LogP contribution in [0.5, 0.6) is 0 Å². The summed E-state index contributed by atoms with van der Waals surface area (Å²) < 4.78 is 51.8. The minimum Gasteiger partial charge on any atom is -0.383 e. The number of halogens is 2. The highest BCUT2D eigenvalue weighted by atomic mass is 32.2. The first-order chi connectivity index (χ1) is 6.44. The Balaban J connectivity index is 4.28. The van der Waals surface area contributed by atoms with Crippen molar-refractivity contribution in [1.29, 1.82) is 0 Å². The molecule has 3 N–H and O–H groups in total. The van der Waals surface area contributed by atoms with Crippen LogP contribution >= 0.6 is 0 Å². The molecule has 0 fully saturated rings. The summed E-state index contributed by atoms with van der Waals surface area (Å²) in [5, 5.41) is 0. The molecule has 0 aromatic rings. The lowest BCUT2D eigenvalue weighted by Crippen LogP contribution is -2.41. The molecule has 0 aromatic carbocycles. The monoisotopic (exact) mass is 232 g/mol. The summed E-state index contributed by atoms with van der Waals surface area (Å²) in [6.07, 6.45) is 0.250. The lowest BCUT2D eigenvalue weighted by atomic mass is 10.2. The zero-order valence-electron chi connectivity index (χ0n) is 7.74. The van der Waals surface area contributed by atoms with Crippen LogP contribution < -0.4 is 10.5 Å². The van der Waals surface area contributed by atoms with Crippen LogP contribution in [0, 0.1) is 0 Å². The molecule has 0 amide bonds. The molecule has 14 heavy (non-hydrogen) atoms. The highest BCUT2D eigenvalue weighted by molar-refractivity contribution is 7.89. The normalized spacial score (nSPS) is 14.6. The van der Waals surface area contributed by atoms with Crippen LogP contribution in [-0.2, 0) is 14.8 Å². The van der Waals surface area contributed by atoms with Gasteiger partial charge in [-0.05, 0) is 13.0 Å². The predicted octanol–water partition coefficient (Wildman–Crippen LogP) is -0.508. The topological polar surface area (TPSA) is 81.4 Å². The number of hydrogen-bond acceptors (Lipinski definition) is 4. The molecule has 0 aliphatic carbocycles. The molecule has 0 saturated carbocycles. The minimum absolute atomic E-state index is 0.0170. The Labute approximate surface area is 81.7 Å². The lowest BCUT2D eigenvalue weighted by molar-refractivity contribution is 0.169. The summed E-state index contributed by atoms with van der Waals surface area (Å²) in [6, 6.07) is -0.705. The maximum atomic E-state index is 11.9. The Bertz CT molecular complexity index is 239. The fourth-order valence-corrected chi connectivity index (χ4v) is 1.62. The fourth-order valence-electron chi connectivity index (χ4n) is 0.862. The summed E-state index contributed by atoms with van der Waals surface area (Å²) in [5.74, 6) is -3.43. The van der Waals surface area contributed by atoms with Crippen molar-refractivity contribution < 1.29 is 21.9 Å². The van der Waals surface area contributed by atoms with Gasteiger partial charge < -0.3 is 10.5 Å². The SMILES string of the molecule is COCC(CCN)NS(=O)(=O)C(F)F. The molecule has 0 aromatic heterocycles. The van der Waals surface area contributed by atoms with Crippen LogP contribution in [0.25, 0.3) is 0 Å². The van der Waals surface area contributed by atoms with E-state index in [1.165, 1.54) is 7.11 Å². The molecular formula is C6H14F2N2O3S. The standard InChI is InChI=1S/C6H14F2N2O3S/c1-13-4-5(2-3-9)10-14(11,12)6(7)8/h5-6,10H,2-4,9H2,1H3. The van der Waals surface area contributed by atoms with Crippen LogP contribution in [0.3, 0.4) is 0 Å². The van der Waals surface area contributed by atoms with E-state index in [2.05, 4.69) is 4.74 Å². The van der Waals surface area contributed by atoms with Gasteiger partial charge in [-0.1, -0.05) is 0 Å². The largest absolute Gasteiger partial charge is 0.383 e. The van der Waals surface area contributed by atoms with Gasteiger partial charge in [-0.2, -0.15) is 8.78 Å². The Hall–Kier alpha value is -0.310. The maximum absolute atomic E-state index is 11.9. The second-order valence-corrected chi connectivity index (χ2v) is 4.34. The van der Waals surface area contributed by atoms with Crippen LogP contribution in [0.4, 0.5) is 8.78 Å². The summed E-state index contributed by atoms with van der Waals surface area (Å²) in [6.45, 7) is 0.211. The van der Waals surface area contributed by atoms with Crippen molar-refractivity contribution in [2.45, 2.75) is 18.2 Å². The number of ether oxygens (including phenoxy) is 1. The van der Waals surface area contributed by atoms with Crippen LogP contribution in [-0.4, -0.2) is 40.5 Å². The third kappa shape index (κ3) is 4.80. The Morgan fingerprint density at radius 2 is 2.07 bits per heavy atom. The number of nitrogens with one attached hydrogen (secondary N) is 1. The molecule has 0 saturated heterocycles. The molecule has 0 heterocycles. The molecule has 0 aliphatic heterocycles. The van der Waals surface area contributed by atoms with Gasteiger partial charge in [-0.25, -0.2) is 13.1 Å². The Morgan fingerprint density at radius 3 is 2.43 bits per heavy atom. The first-order valence-electron chi connectivity index (χ1n) is 3.92. The summed E-state index contributed by atoms with van der Waals surface area (Å²) in [4.78, 5) is 0. The lowest BCUT2D eigenvalue weighted by Gasteiger charge is -2.16. The van der Waals surface area contributed by atoms with E-state index in [1.54, 1.807) is 0 Å². The minimum atomic E-state index is -4.56. The molecule has 0 bridgehead atoms. The molecule has 0 rings (SSSR count). The van der Waals surface area contributed by atoms with Gasteiger partial charge in [0, 0.05) is 13.2 Å². The molecule has 0 spiro atoms. The van der Waals surface area contributed by atoms with Gasteiger partial charge in [-0.3, -0.25) is 0 Å². The molecule has 0 aliphatic rings. The van der Waals surface area contributed by atoms with Crippen molar-refractivity contribution in [2.75, 3.05) is 20.3 Å². The van der Waals surface area contributed by atoms with Gasteiger partial charge in [0.15, 0.2) is 0 Å². The second kappa shape index (κ2) is 6.23. The number of rotatable bonds is 7. The van der Waals surface area contributed by atoms with E-state index in [-0.39, 0.29) is 19.6 Å². The van der Waals surface area contributed by atoms with E-state index in [0.717, 1.165) is 0 Å². The Kier molecular flexibility index (Phi) is 6.09. The van der Waals surface area contributed by atoms with Crippen molar-refractivity contribution >= 4 is 10.0 Å². The van der Waals surface area contributed by atoms with Crippen LogP contribution in [0.1, 0.15) is 6.42 Å². The number of methoxy groups -OCH3 is 1. The summed E-state index contributed by atoms with van der Waals surface area (Å²) in [7, 11) is -3.21.